The molecule has 0 amide bonds. The largest absolute Gasteiger partial charge is 0.493 e. The lowest BCUT2D eigenvalue weighted by Gasteiger charge is -2.29. The summed E-state index contributed by atoms with van der Waals surface area (Å²) >= 11 is 1.45. The number of rotatable bonds is 6. The Morgan fingerprint density at radius 1 is 1.07 bits per heavy atom. The van der Waals surface area contributed by atoms with Crippen LogP contribution in [0.1, 0.15) is 35.1 Å². The molecule has 4 rings (SSSR count). The van der Waals surface area contributed by atoms with Crippen LogP contribution in [0.3, 0.4) is 0 Å². The summed E-state index contributed by atoms with van der Waals surface area (Å²) < 4.78 is 18.3. The quantitative estimate of drug-likeness (QED) is 0.676. The normalized spacial score (nSPS) is 15.9. The number of fused-ring (bicyclic) bond motifs is 1. The Bertz CT molecular complexity index is 994. The molecule has 1 fully saturated rings. The molecule has 3 heterocycles. The SMILES string of the molecule is COc1ccc([C@H](c2sc3nc(C)nn3c2O)N2CCCC2)c(OC)c1OC. The minimum atomic E-state index is -0.189. The third-order valence-corrected chi connectivity index (χ3v) is 6.16. The van der Waals surface area contributed by atoms with Crippen LogP contribution in [0.25, 0.3) is 4.96 Å². The van der Waals surface area contributed by atoms with Crippen LogP contribution < -0.4 is 14.2 Å². The highest BCUT2D eigenvalue weighted by atomic mass is 32.1. The number of hydrogen-bond donors (Lipinski definition) is 1. The van der Waals surface area contributed by atoms with Crippen molar-refractivity contribution in [3.05, 3.63) is 28.4 Å². The first kappa shape index (κ1) is 18.8. The number of thiazole rings is 1. The number of nitrogens with zero attached hydrogens (tertiary/aromatic N) is 4. The monoisotopic (exact) mass is 404 g/mol. The predicted molar refractivity (Wildman–Crippen MR) is 106 cm³/mol. The second kappa shape index (κ2) is 7.48. The fourth-order valence-corrected chi connectivity index (χ4v) is 5.02. The molecule has 1 aromatic carbocycles. The molecule has 1 N–H and O–H groups in total. The number of aromatic hydroxyl groups is 1. The summed E-state index contributed by atoms with van der Waals surface area (Å²) in [5.74, 6) is 2.50. The Hall–Kier alpha value is -2.52. The molecule has 3 aromatic rings. The average Bonchev–Trinajstić information content (AvgIpc) is 3.41. The lowest BCUT2D eigenvalue weighted by molar-refractivity contribution is 0.264. The zero-order valence-corrected chi connectivity index (χ0v) is 17.2. The smallest absolute Gasteiger partial charge is 0.230 e. The molecule has 1 atom stereocenters. The van der Waals surface area contributed by atoms with Crippen molar-refractivity contribution in [1.82, 2.24) is 19.5 Å². The molecule has 1 saturated heterocycles. The van der Waals surface area contributed by atoms with Gasteiger partial charge in [0.15, 0.2) is 11.5 Å². The van der Waals surface area contributed by atoms with Crippen molar-refractivity contribution in [2.45, 2.75) is 25.8 Å². The van der Waals surface area contributed by atoms with E-state index in [0.29, 0.717) is 28.0 Å². The topological polar surface area (TPSA) is 81.4 Å². The first-order valence-electron chi connectivity index (χ1n) is 9.17. The van der Waals surface area contributed by atoms with Gasteiger partial charge in [0.2, 0.25) is 16.6 Å². The van der Waals surface area contributed by atoms with E-state index in [-0.39, 0.29) is 11.9 Å². The molecule has 28 heavy (non-hydrogen) atoms. The average molecular weight is 404 g/mol. The number of likely N-dealkylation sites (tertiary alicyclic amines) is 1. The van der Waals surface area contributed by atoms with Crippen LogP contribution in [0.2, 0.25) is 0 Å². The molecular formula is C19H24N4O4S. The Balaban J connectivity index is 1.92. The van der Waals surface area contributed by atoms with E-state index >= 15 is 0 Å². The van der Waals surface area contributed by atoms with Gasteiger partial charge in [0, 0.05) is 5.56 Å². The van der Waals surface area contributed by atoms with E-state index in [9.17, 15) is 5.11 Å². The van der Waals surface area contributed by atoms with Gasteiger partial charge in [0.05, 0.1) is 32.2 Å². The van der Waals surface area contributed by atoms with Gasteiger partial charge in [0.25, 0.3) is 0 Å². The Labute approximate surface area is 167 Å². The fraction of sp³-hybridized carbons (Fsp3) is 0.474. The molecule has 0 spiro atoms. The highest BCUT2D eigenvalue weighted by Gasteiger charge is 2.34. The first-order valence-corrected chi connectivity index (χ1v) is 9.98. The van der Waals surface area contributed by atoms with Crippen LogP contribution >= 0.6 is 11.3 Å². The van der Waals surface area contributed by atoms with E-state index in [0.717, 1.165) is 36.4 Å². The van der Waals surface area contributed by atoms with Crippen molar-refractivity contribution >= 4 is 16.3 Å². The van der Waals surface area contributed by atoms with Crippen molar-refractivity contribution in [2.75, 3.05) is 34.4 Å². The Morgan fingerprint density at radius 2 is 1.79 bits per heavy atom. The van der Waals surface area contributed by atoms with Gasteiger partial charge in [-0.3, -0.25) is 4.90 Å². The van der Waals surface area contributed by atoms with Gasteiger partial charge < -0.3 is 19.3 Å². The summed E-state index contributed by atoms with van der Waals surface area (Å²) in [5, 5.41) is 15.2. The Morgan fingerprint density at radius 3 is 2.39 bits per heavy atom. The maximum absolute atomic E-state index is 10.9. The number of aryl methyl sites for hydroxylation is 1. The van der Waals surface area contributed by atoms with E-state index in [1.165, 1.54) is 15.9 Å². The summed E-state index contributed by atoms with van der Waals surface area (Å²) in [5.41, 5.74) is 0.915. The van der Waals surface area contributed by atoms with Crippen molar-refractivity contribution in [1.29, 1.82) is 0 Å². The van der Waals surface area contributed by atoms with Gasteiger partial charge in [-0.15, -0.1) is 5.10 Å². The van der Waals surface area contributed by atoms with E-state index in [1.54, 1.807) is 21.3 Å². The maximum Gasteiger partial charge on any atom is 0.230 e. The van der Waals surface area contributed by atoms with Crippen LogP contribution in [0.5, 0.6) is 23.1 Å². The number of hydrogen-bond acceptors (Lipinski definition) is 8. The summed E-state index contributed by atoms with van der Waals surface area (Å²) in [4.78, 5) is 8.23. The van der Waals surface area contributed by atoms with Gasteiger partial charge in [-0.05, 0) is 45.0 Å². The van der Waals surface area contributed by atoms with Gasteiger partial charge >= 0.3 is 0 Å². The highest BCUT2D eigenvalue weighted by molar-refractivity contribution is 7.17. The molecule has 150 valence electrons. The number of benzene rings is 1. The molecular weight excluding hydrogens is 380 g/mol. The maximum atomic E-state index is 10.9. The lowest BCUT2D eigenvalue weighted by atomic mass is 10.0. The molecule has 0 aliphatic carbocycles. The van der Waals surface area contributed by atoms with E-state index < -0.39 is 0 Å². The summed E-state index contributed by atoms with van der Waals surface area (Å²) in [7, 11) is 4.81. The van der Waals surface area contributed by atoms with Crippen LogP contribution in [0.15, 0.2) is 12.1 Å². The molecule has 2 aromatic heterocycles. The summed E-state index contributed by atoms with van der Waals surface area (Å²) in [6.45, 7) is 3.69. The molecule has 0 radical (unpaired) electrons. The van der Waals surface area contributed by atoms with E-state index in [4.69, 9.17) is 14.2 Å². The zero-order chi connectivity index (χ0) is 19.8. The van der Waals surface area contributed by atoms with Crippen LogP contribution in [-0.4, -0.2) is 59.0 Å². The number of aromatic nitrogens is 3. The number of methoxy groups -OCH3 is 3. The second-order valence-corrected chi connectivity index (χ2v) is 7.72. The molecule has 0 unspecified atom stereocenters. The van der Waals surface area contributed by atoms with Crippen molar-refractivity contribution in [3.63, 3.8) is 0 Å². The third kappa shape index (κ3) is 2.94. The summed E-state index contributed by atoms with van der Waals surface area (Å²) in [6, 6.07) is 3.66. The molecule has 1 aliphatic rings. The molecule has 0 saturated carbocycles. The van der Waals surface area contributed by atoms with Crippen molar-refractivity contribution < 1.29 is 19.3 Å². The van der Waals surface area contributed by atoms with Crippen LogP contribution in [0.4, 0.5) is 0 Å². The molecule has 0 bridgehead atoms. The van der Waals surface area contributed by atoms with Gasteiger partial charge in [-0.25, -0.2) is 4.98 Å². The van der Waals surface area contributed by atoms with Gasteiger partial charge in [-0.1, -0.05) is 11.3 Å². The van der Waals surface area contributed by atoms with Crippen molar-refractivity contribution in [2.24, 2.45) is 0 Å². The predicted octanol–water partition coefficient (Wildman–Crippen LogP) is 3.02. The minimum absolute atomic E-state index is 0.120. The number of ether oxygens (including phenoxy) is 3. The van der Waals surface area contributed by atoms with E-state index in [1.807, 2.05) is 19.1 Å². The van der Waals surface area contributed by atoms with Crippen LogP contribution in [-0.2, 0) is 0 Å². The Kier molecular flexibility index (Phi) is 5.03. The van der Waals surface area contributed by atoms with Gasteiger partial charge in [0.1, 0.15) is 5.82 Å². The highest BCUT2D eigenvalue weighted by Crippen LogP contribution is 2.48. The fourth-order valence-electron chi connectivity index (χ4n) is 3.87. The van der Waals surface area contributed by atoms with Crippen LogP contribution in [0, 0.1) is 6.92 Å². The molecule has 9 heteroatoms. The van der Waals surface area contributed by atoms with Gasteiger partial charge in [-0.2, -0.15) is 4.52 Å². The minimum Gasteiger partial charge on any atom is -0.493 e. The summed E-state index contributed by atoms with van der Waals surface area (Å²) in [6.07, 6.45) is 2.24. The van der Waals surface area contributed by atoms with E-state index in [2.05, 4.69) is 15.0 Å². The second-order valence-electron chi connectivity index (χ2n) is 6.71. The lowest BCUT2D eigenvalue weighted by Crippen LogP contribution is -2.26. The zero-order valence-electron chi connectivity index (χ0n) is 16.4. The first-order chi connectivity index (χ1) is 13.6. The molecule has 8 nitrogen and oxygen atoms in total. The standard InChI is InChI=1S/C19H24N4O4S/c1-11-20-19-23(21-11)18(24)17(28-19)14(22-9-5-6-10-22)12-7-8-13(25-2)16(27-4)15(12)26-3/h7-8,14,24H,5-6,9-10H2,1-4H3/t14-/m1/s1. The molecule has 1 aliphatic heterocycles. The third-order valence-electron chi connectivity index (χ3n) is 5.09. The van der Waals surface area contributed by atoms with Crippen molar-refractivity contribution in [3.8, 4) is 23.1 Å².